The lowest BCUT2D eigenvalue weighted by molar-refractivity contribution is -0.118. The maximum Gasteiger partial charge on any atom is 0.267 e. The molecule has 6 nitrogen and oxygen atoms in total. The van der Waals surface area contributed by atoms with Gasteiger partial charge in [-0.25, -0.2) is 10.4 Å². The monoisotopic (exact) mass is 536 g/mol. The van der Waals surface area contributed by atoms with Gasteiger partial charge in [-0.1, -0.05) is 59.3 Å². The van der Waals surface area contributed by atoms with Gasteiger partial charge in [0.1, 0.15) is 4.83 Å². The van der Waals surface area contributed by atoms with Crippen molar-refractivity contribution < 1.29 is 4.79 Å². The molecule has 1 aliphatic rings. The fourth-order valence-corrected chi connectivity index (χ4v) is 6.71. The average molecular weight is 537 g/mol. The SMILES string of the molecule is C/C(=N/NC(=O)CSc1nc2sc3c(c2c(=O)n1-c1ccc(C)cc1)CCCC3)c1ccccc1Cl. The highest BCUT2D eigenvalue weighted by Crippen LogP contribution is 2.35. The summed E-state index contributed by atoms with van der Waals surface area (Å²) in [6, 6.07) is 15.1. The van der Waals surface area contributed by atoms with Gasteiger partial charge in [0.15, 0.2) is 5.16 Å². The largest absolute Gasteiger partial charge is 0.272 e. The zero-order chi connectivity index (χ0) is 25.2. The second kappa shape index (κ2) is 10.6. The molecule has 9 heteroatoms. The lowest BCUT2D eigenvalue weighted by Gasteiger charge is -2.13. The Morgan fingerprint density at radius 1 is 1.17 bits per heavy atom. The highest BCUT2D eigenvalue weighted by molar-refractivity contribution is 7.99. The number of fused-ring (bicyclic) bond motifs is 3. The van der Waals surface area contributed by atoms with E-state index in [0.717, 1.165) is 58.3 Å². The van der Waals surface area contributed by atoms with E-state index in [1.807, 2.05) is 49.4 Å². The summed E-state index contributed by atoms with van der Waals surface area (Å²) in [5.74, 6) is -0.226. The molecule has 0 saturated carbocycles. The van der Waals surface area contributed by atoms with E-state index in [9.17, 15) is 9.59 Å². The molecule has 2 aromatic carbocycles. The lowest BCUT2D eigenvalue weighted by atomic mass is 9.97. The van der Waals surface area contributed by atoms with E-state index in [0.29, 0.717) is 15.9 Å². The van der Waals surface area contributed by atoms with Crippen LogP contribution in [-0.4, -0.2) is 26.9 Å². The third-order valence-corrected chi connectivity index (χ3v) is 8.65. The Labute approximate surface area is 222 Å². The number of benzene rings is 2. The summed E-state index contributed by atoms with van der Waals surface area (Å²) in [5, 5.41) is 5.99. The summed E-state index contributed by atoms with van der Waals surface area (Å²) in [4.78, 5) is 33.3. The van der Waals surface area contributed by atoms with Gasteiger partial charge in [0.25, 0.3) is 11.5 Å². The average Bonchev–Trinajstić information content (AvgIpc) is 3.26. The van der Waals surface area contributed by atoms with Gasteiger partial charge in [0.05, 0.1) is 22.5 Å². The second-order valence-corrected chi connectivity index (χ2v) is 11.2. The number of rotatable bonds is 6. The molecular formula is C27H25ClN4O2S2. The number of nitrogens with one attached hydrogen (secondary N) is 1. The number of hydrogen-bond acceptors (Lipinski definition) is 6. The van der Waals surface area contributed by atoms with Crippen molar-refractivity contribution in [3.63, 3.8) is 0 Å². The highest BCUT2D eigenvalue weighted by atomic mass is 35.5. The number of aromatic nitrogens is 2. The molecule has 184 valence electrons. The van der Waals surface area contributed by atoms with E-state index < -0.39 is 0 Å². The predicted molar refractivity (Wildman–Crippen MR) is 149 cm³/mol. The van der Waals surface area contributed by atoms with Gasteiger partial charge in [0, 0.05) is 15.5 Å². The van der Waals surface area contributed by atoms with Crippen LogP contribution in [0, 0.1) is 6.92 Å². The number of thiophene rings is 1. The van der Waals surface area contributed by atoms with Gasteiger partial charge < -0.3 is 0 Å². The zero-order valence-electron chi connectivity index (χ0n) is 20.0. The first-order chi connectivity index (χ1) is 17.4. The minimum Gasteiger partial charge on any atom is -0.272 e. The summed E-state index contributed by atoms with van der Waals surface area (Å²) in [6.07, 6.45) is 4.14. The van der Waals surface area contributed by atoms with Crippen LogP contribution in [-0.2, 0) is 17.6 Å². The summed E-state index contributed by atoms with van der Waals surface area (Å²) in [5.41, 5.74) is 6.89. The number of hydrazone groups is 1. The van der Waals surface area contributed by atoms with Gasteiger partial charge >= 0.3 is 0 Å². The number of amides is 1. The van der Waals surface area contributed by atoms with E-state index in [4.69, 9.17) is 16.6 Å². The number of halogens is 1. The summed E-state index contributed by atoms with van der Waals surface area (Å²) < 4.78 is 1.64. The minimum atomic E-state index is -0.290. The molecule has 0 atom stereocenters. The molecule has 0 fully saturated rings. The number of hydrogen-bond donors (Lipinski definition) is 1. The fourth-order valence-electron chi connectivity index (χ4n) is 4.33. The number of nitrogens with zero attached hydrogens (tertiary/aromatic N) is 3. The minimum absolute atomic E-state index is 0.0637. The van der Waals surface area contributed by atoms with E-state index in [1.54, 1.807) is 28.9 Å². The molecule has 2 heterocycles. The van der Waals surface area contributed by atoms with Crippen molar-refractivity contribution in [3.05, 3.63) is 85.5 Å². The lowest BCUT2D eigenvalue weighted by Crippen LogP contribution is -2.24. The van der Waals surface area contributed by atoms with Crippen molar-refractivity contribution >= 4 is 56.5 Å². The van der Waals surface area contributed by atoms with Gasteiger partial charge in [-0.2, -0.15) is 5.10 Å². The van der Waals surface area contributed by atoms with Crippen LogP contribution in [0.15, 0.2) is 63.6 Å². The molecule has 0 spiro atoms. The van der Waals surface area contributed by atoms with Crippen molar-refractivity contribution in [3.8, 4) is 5.69 Å². The number of aryl methyl sites for hydroxylation is 3. The Morgan fingerprint density at radius 2 is 1.92 bits per heavy atom. The maximum atomic E-state index is 13.8. The van der Waals surface area contributed by atoms with Crippen LogP contribution in [0.4, 0.5) is 0 Å². The van der Waals surface area contributed by atoms with Crippen LogP contribution >= 0.6 is 34.7 Å². The van der Waals surface area contributed by atoms with Crippen molar-refractivity contribution in [2.45, 2.75) is 44.7 Å². The summed E-state index contributed by atoms with van der Waals surface area (Å²) in [6.45, 7) is 3.80. The zero-order valence-corrected chi connectivity index (χ0v) is 22.4. The number of carbonyl (C=O) groups is 1. The number of carbonyl (C=O) groups excluding carboxylic acids is 1. The molecule has 2 aromatic heterocycles. The van der Waals surface area contributed by atoms with Crippen molar-refractivity contribution in [1.82, 2.24) is 15.0 Å². The van der Waals surface area contributed by atoms with Crippen LogP contribution in [0.3, 0.4) is 0 Å². The molecule has 0 radical (unpaired) electrons. The van der Waals surface area contributed by atoms with Gasteiger partial charge in [0.2, 0.25) is 0 Å². The smallest absolute Gasteiger partial charge is 0.267 e. The Kier molecular flexibility index (Phi) is 7.27. The predicted octanol–water partition coefficient (Wildman–Crippen LogP) is 5.92. The van der Waals surface area contributed by atoms with E-state index in [1.165, 1.54) is 16.6 Å². The molecule has 4 aromatic rings. The Hall–Kier alpha value is -2.94. The molecule has 5 rings (SSSR count). The van der Waals surface area contributed by atoms with Gasteiger partial charge in [-0.15, -0.1) is 11.3 Å². The first kappa shape index (κ1) is 24.7. The van der Waals surface area contributed by atoms with Crippen LogP contribution in [0.1, 0.15) is 41.3 Å². The first-order valence-electron chi connectivity index (χ1n) is 11.8. The molecule has 1 aliphatic carbocycles. The molecule has 36 heavy (non-hydrogen) atoms. The Morgan fingerprint density at radius 3 is 2.69 bits per heavy atom. The molecule has 0 bridgehead atoms. The van der Waals surface area contributed by atoms with E-state index in [2.05, 4.69) is 10.5 Å². The molecule has 0 unspecified atom stereocenters. The first-order valence-corrected chi connectivity index (χ1v) is 14.0. The Bertz CT molecular complexity index is 1540. The standard InChI is InChI=1S/C27H25ClN4O2S2/c1-16-11-13-18(14-12-16)32-26(34)24-20-8-4-6-10-22(20)36-25(24)29-27(32)35-15-23(33)31-30-17(2)19-7-3-5-9-21(19)28/h3,5,7,9,11-14H,4,6,8,10,15H2,1-2H3,(H,31,33)/b30-17-. The maximum absolute atomic E-state index is 13.8. The molecule has 0 saturated heterocycles. The third kappa shape index (κ3) is 4.98. The summed E-state index contributed by atoms with van der Waals surface area (Å²) >= 11 is 9.06. The van der Waals surface area contributed by atoms with Crippen LogP contribution in [0.25, 0.3) is 15.9 Å². The fraction of sp³-hybridized carbons (Fsp3) is 0.259. The van der Waals surface area contributed by atoms with Crippen LogP contribution in [0.5, 0.6) is 0 Å². The summed E-state index contributed by atoms with van der Waals surface area (Å²) in [7, 11) is 0. The third-order valence-electron chi connectivity index (χ3n) is 6.19. The molecular weight excluding hydrogens is 512 g/mol. The Balaban J connectivity index is 1.45. The van der Waals surface area contributed by atoms with Crippen LogP contribution < -0.4 is 11.0 Å². The van der Waals surface area contributed by atoms with E-state index >= 15 is 0 Å². The van der Waals surface area contributed by atoms with Crippen molar-refractivity contribution in [2.75, 3.05) is 5.75 Å². The number of thioether (sulfide) groups is 1. The quantitative estimate of drug-likeness (QED) is 0.144. The van der Waals surface area contributed by atoms with Gasteiger partial charge in [-0.05, 0) is 63.3 Å². The van der Waals surface area contributed by atoms with Crippen molar-refractivity contribution in [2.24, 2.45) is 5.10 Å². The normalized spacial score (nSPS) is 13.6. The molecule has 1 N–H and O–H groups in total. The topological polar surface area (TPSA) is 76.3 Å². The molecule has 0 aliphatic heterocycles. The highest BCUT2D eigenvalue weighted by Gasteiger charge is 2.23. The van der Waals surface area contributed by atoms with Crippen molar-refractivity contribution in [1.29, 1.82) is 0 Å². The van der Waals surface area contributed by atoms with Crippen LogP contribution in [0.2, 0.25) is 5.02 Å². The second-order valence-electron chi connectivity index (χ2n) is 8.76. The van der Waals surface area contributed by atoms with E-state index in [-0.39, 0.29) is 17.2 Å². The van der Waals surface area contributed by atoms with Gasteiger partial charge in [-0.3, -0.25) is 14.2 Å². The molecule has 1 amide bonds.